The summed E-state index contributed by atoms with van der Waals surface area (Å²) in [5, 5.41) is 2.86. The second-order valence-electron chi connectivity index (χ2n) is 6.69. The van der Waals surface area contributed by atoms with Crippen molar-refractivity contribution in [2.75, 3.05) is 16.0 Å². The molecule has 1 heterocycles. The van der Waals surface area contributed by atoms with E-state index in [0.29, 0.717) is 12.2 Å². The minimum atomic E-state index is -0.0379. The van der Waals surface area contributed by atoms with Gasteiger partial charge in [-0.25, -0.2) is 0 Å². The third kappa shape index (κ3) is 4.10. The molecule has 1 atom stereocenters. The molecule has 0 bridgehead atoms. The minimum absolute atomic E-state index is 0.0301. The van der Waals surface area contributed by atoms with E-state index in [1.807, 2.05) is 49.9 Å². The van der Waals surface area contributed by atoms with Gasteiger partial charge in [0.15, 0.2) is 0 Å². The van der Waals surface area contributed by atoms with Crippen LogP contribution in [0.15, 0.2) is 42.5 Å². The average molecular weight is 369 g/mol. The molecule has 4 nitrogen and oxygen atoms in total. The molecular weight excluding hydrogens is 344 g/mol. The summed E-state index contributed by atoms with van der Waals surface area (Å²) in [6, 6.07) is 14.0. The first-order chi connectivity index (χ1) is 12.5. The largest absolute Gasteiger partial charge is 0.326 e. The van der Waals surface area contributed by atoms with Crippen LogP contribution in [0.1, 0.15) is 41.8 Å². The fourth-order valence-corrected chi connectivity index (χ4v) is 4.40. The number of benzene rings is 2. The summed E-state index contributed by atoms with van der Waals surface area (Å²) in [6.07, 6.45) is 1.35. The van der Waals surface area contributed by atoms with Gasteiger partial charge in [0.1, 0.15) is 5.37 Å². The molecule has 0 saturated carbocycles. The topological polar surface area (TPSA) is 49.4 Å². The van der Waals surface area contributed by atoms with Gasteiger partial charge in [-0.3, -0.25) is 14.5 Å². The van der Waals surface area contributed by atoms with Crippen molar-refractivity contribution in [3.8, 4) is 0 Å². The number of aryl methyl sites for hydroxylation is 2. The molecule has 0 spiro atoms. The zero-order chi connectivity index (χ0) is 18.7. The lowest BCUT2D eigenvalue weighted by atomic mass is 10.1. The quantitative estimate of drug-likeness (QED) is 0.823. The van der Waals surface area contributed by atoms with Crippen LogP contribution in [-0.2, 0) is 9.59 Å². The molecule has 1 unspecified atom stereocenters. The average Bonchev–Trinajstić information content (AvgIpc) is 2.96. The van der Waals surface area contributed by atoms with Crippen molar-refractivity contribution in [1.82, 2.24) is 0 Å². The second kappa shape index (κ2) is 7.96. The molecule has 1 saturated heterocycles. The molecular formula is C21H24N2O2S. The highest BCUT2D eigenvalue weighted by atomic mass is 32.2. The number of rotatable bonds is 5. The Morgan fingerprint density at radius 3 is 2.42 bits per heavy atom. The summed E-state index contributed by atoms with van der Waals surface area (Å²) in [7, 11) is 0. The molecule has 5 heteroatoms. The highest BCUT2D eigenvalue weighted by Crippen LogP contribution is 2.42. The smallest absolute Gasteiger partial charge is 0.238 e. The number of anilines is 2. The Morgan fingerprint density at radius 2 is 1.81 bits per heavy atom. The lowest BCUT2D eigenvalue weighted by Crippen LogP contribution is -2.28. The van der Waals surface area contributed by atoms with Crippen molar-refractivity contribution >= 4 is 35.0 Å². The van der Waals surface area contributed by atoms with Gasteiger partial charge < -0.3 is 5.32 Å². The molecule has 0 aromatic heterocycles. The number of amides is 2. The van der Waals surface area contributed by atoms with E-state index < -0.39 is 0 Å². The molecule has 1 aliphatic rings. The van der Waals surface area contributed by atoms with Gasteiger partial charge in [0, 0.05) is 17.8 Å². The predicted molar refractivity (Wildman–Crippen MR) is 109 cm³/mol. The van der Waals surface area contributed by atoms with Gasteiger partial charge in [-0.15, -0.1) is 11.8 Å². The lowest BCUT2D eigenvalue weighted by Gasteiger charge is -2.25. The molecule has 2 aromatic rings. The van der Waals surface area contributed by atoms with Crippen molar-refractivity contribution in [3.05, 3.63) is 59.2 Å². The SMILES string of the molecule is CCCC(=O)Nc1ccc(C2SCC(=O)N2c2cc(C)cc(C)c2)cc1. The van der Waals surface area contributed by atoms with Crippen LogP contribution in [0.5, 0.6) is 0 Å². The summed E-state index contributed by atoms with van der Waals surface area (Å²) in [5.41, 5.74) is 5.10. The van der Waals surface area contributed by atoms with Crippen LogP contribution in [-0.4, -0.2) is 17.6 Å². The number of thioether (sulfide) groups is 1. The normalized spacial score (nSPS) is 16.8. The van der Waals surface area contributed by atoms with Gasteiger partial charge in [-0.2, -0.15) is 0 Å². The Bertz CT molecular complexity index is 797. The van der Waals surface area contributed by atoms with Gasteiger partial charge in [-0.1, -0.05) is 25.1 Å². The Hall–Kier alpha value is -2.27. The highest BCUT2D eigenvalue weighted by Gasteiger charge is 2.34. The molecule has 2 amide bonds. The number of hydrogen-bond acceptors (Lipinski definition) is 3. The monoisotopic (exact) mass is 368 g/mol. The molecule has 3 rings (SSSR count). The maximum atomic E-state index is 12.5. The van der Waals surface area contributed by atoms with Crippen molar-refractivity contribution in [2.24, 2.45) is 0 Å². The van der Waals surface area contributed by atoms with E-state index in [1.165, 1.54) is 0 Å². The number of carbonyl (C=O) groups excluding carboxylic acids is 2. The Balaban J connectivity index is 1.83. The van der Waals surface area contributed by atoms with E-state index in [2.05, 4.69) is 23.5 Å². The molecule has 1 fully saturated rings. The molecule has 1 aliphatic heterocycles. The van der Waals surface area contributed by atoms with Crippen molar-refractivity contribution in [1.29, 1.82) is 0 Å². The number of hydrogen-bond donors (Lipinski definition) is 1. The Kier molecular flexibility index (Phi) is 5.67. The van der Waals surface area contributed by atoms with E-state index in [0.717, 1.165) is 34.5 Å². The summed E-state index contributed by atoms with van der Waals surface area (Å²) in [4.78, 5) is 26.1. The van der Waals surface area contributed by atoms with Crippen molar-refractivity contribution in [2.45, 2.75) is 39.0 Å². The van der Waals surface area contributed by atoms with E-state index in [4.69, 9.17) is 0 Å². The molecule has 0 radical (unpaired) electrons. The predicted octanol–water partition coefficient (Wildman–Crippen LogP) is 4.82. The molecule has 26 heavy (non-hydrogen) atoms. The third-order valence-corrected chi connectivity index (χ3v) is 5.52. The van der Waals surface area contributed by atoms with E-state index in [-0.39, 0.29) is 17.2 Å². The molecule has 0 aliphatic carbocycles. The summed E-state index contributed by atoms with van der Waals surface area (Å²) < 4.78 is 0. The van der Waals surface area contributed by atoms with Crippen LogP contribution in [0.4, 0.5) is 11.4 Å². The second-order valence-corrected chi connectivity index (χ2v) is 7.76. The number of nitrogens with zero attached hydrogens (tertiary/aromatic N) is 1. The van der Waals surface area contributed by atoms with E-state index >= 15 is 0 Å². The van der Waals surface area contributed by atoms with Crippen LogP contribution in [0, 0.1) is 13.8 Å². The minimum Gasteiger partial charge on any atom is -0.326 e. The zero-order valence-electron chi connectivity index (χ0n) is 15.4. The van der Waals surface area contributed by atoms with Gasteiger partial charge >= 0.3 is 0 Å². The standard InChI is InChI=1S/C21H24N2O2S/c1-4-5-19(24)22-17-8-6-16(7-9-17)21-23(20(25)13-26-21)18-11-14(2)10-15(3)12-18/h6-12,21H,4-5,13H2,1-3H3,(H,22,24). The highest BCUT2D eigenvalue weighted by molar-refractivity contribution is 8.00. The van der Waals surface area contributed by atoms with Crippen LogP contribution in [0.3, 0.4) is 0 Å². The maximum absolute atomic E-state index is 12.5. The first-order valence-electron chi connectivity index (χ1n) is 8.89. The molecule has 1 N–H and O–H groups in total. The summed E-state index contributed by atoms with van der Waals surface area (Å²) >= 11 is 1.64. The van der Waals surface area contributed by atoms with Crippen LogP contribution >= 0.6 is 11.8 Å². The number of carbonyl (C=O) groups is 2. The van der Waals surface area contributed by atoms with E-state index in [9.17, 15) is 9.59 Å². The van der Waals surface area contributed by atoms with Crippen LogP contribution in [0.2, 0.25) is 0 Å². The van der Waals surface area contributed by atoms with Gasteiger partial charge in [0.05, 0.1) is 5.75 Å². The molecule has 136 valence electrons. The van der Waals surface area contributed by atoms with Crippen molar-refractivity contribution in [3.63, 3.8) is 0 Å². The third-order valence-electron chi connectivity index (χ3n) is 4.31. The first kappa shape index (κ1) is 18.5. The summed E-state index contributed by atoms with van der Waals surface area (Å²) in [6.45, 7) is 6.08. The molecule has 2 aromatic carbocycles. The van der Waals surface area contributed by atoms with Gasteiger partial charge in [0.2, 0.25) is 11.8 Å². The maximum Gasteiger partial charge on any atom is 0.238 e. The Morgan fingerprint density at radius 1 is 1.15 bits per heavy atom. The fourth-order valence-electron chi connectivity index (χ4n) is 3.22. The summed E-state index contributed by atoms with van der Waals surface area (Å²) in [5.74, 6) is 0.639. The Labute approximate surface area is 159 Å². The lowest BCUT2D eigenvalue weighted by molar-refractivity contribution is -0.116. The fraction of sp³-hybridized carbons (Fsp3) is 0.333. The van der Waals surface area contributed by atoms with Gasteiger partial charge in [-0.05, 0) is 61.2 Å². The van der Waals surface area contributed by atoms with Crippen LogP contribution < -0.4 is 10.2 Å². The van der Waals surface area contributed by atoms with Crippen LogP contribution in [0.25, 0.3) is 0 Å². The first-order valence-corrected chi connectivity index (χ1v) is 9.94. The van der Waals surface area contributed by atoms with Crippen molar-refractivity contribution < 1.29 is 9.59 Å². The zero-order valence-corrected chi connectivity index (χ0v) is 16.2. The van der Waals surface area contributed by atoms with Gasteiger partial charge in [0.25, 0.3) is 0 Å². The van der Waals surface area contributed by atoms with E-state index in [1.54, 1.807) is 11.8 Å². The number of nitrogens with one attached hydrogen (secondary N) is 1.